The molecule has 0 saturated carbocycles. The zero-order chi connectivity index (χ0) is 15.3. The van der Waals surface area contributed by atoms with Crippen molar-refractivity contribution in [3.63, 3.8) is 0 Å². The highest BCUT2D eigenvalue weighted by Crippen LogP contribution is 2.23. The van der Waals surface area contributed by atoms with Crippen molar-refractivity contribution >= 4 is 26.0 Å². The number of nitrogens with zero attached hydrogens (tertiary/aromatic N) is 1. The minimum absolute atomic E-state index is 0.295. The van der Waals surface area contributed by atoms with Crippen molar-refractivity contribution in [1.82, 2.24) is 15.2 Å². The van der Waals surface area contributed by atoms with Gasteiger partial charge in [-0.3, -0.25) is 0 Å². The second kappa shape index (κ2) is 7.69. The van der Waals surface area contributed by atoms with Gasteiger partial charge in [-0.15, -0.1) is 4.83 Å². The Morgan fingerprint density at radius 2 is 1.95 bits per heavy atom. The van der Waals surface area contributed by atoms with Crippen LogP contribution >= 0.6 is 15.9 Å². The molecule has 1 aliphatic rings. The molecule has 0 aliphatic carbocycles. The molecule has 0 atom stereocenters. The van der Waals surface area contributed by atoms with Gasteiger partial charge in [0.2, 0.25) is 0 Å². The van der Waals surface area contributed by atoms with Crippen molar-refractivity contribution in [3.05, 3.63) is 28.2 Å². The second-order valence-corrected chi connectivity index (χ2v) is 7.67. The first-order chi connectivity index (χ1) is 10.0. The number of hydrogen-bond donors (Lipinski definition) is 2. The van der Waals surface area contributed by atoms with E-state index in [2.05, 4.69) is 26.1 Å². The van der Waals surface area contributed by atoms with Gasteiger partial charge in [0.1, 0.15) is 0 Å². The molecule has 1 aromatic carbocycles. The van der Waals surface area contributed by atoms with Crippen LogP contribution in [0.3, 0.4) is 0 Å². The summed E-state index contributed by atoms with van der Waals surface area (Å²) in [5.74, 6) is 0. The highest BCUT2D eigenvalue weighted by atomic mass is 79.9. The first-order valence-electron chi connectivity index (χ1n) is 7.29. The Morgan fingerprint density at radius 3 is 2.62 bits per heavy atom. The third kappa shape index (κ3) is 4.75. The van der Waals surface area contributed by atoms with Crippen LogP contribution in [-0.2, 0) is 16.6 Å². The van der Waals surface area contributed by atoms with Crippen LogP contribution in [0.4, 0.5) is 0 Å². The molecular formula is C14H22BrN3O2S. The van der Waals surface area contributed by atoms with E-state index in [-0.39, 0.29) is 0 Å². The molecule has 0 radical (unpaired) electrons. The van der Waals surface area contributed by atoms with Gasteiger partial charge in [0, 0.05) is 24.1 Å². The molecule has 5 nitrogen and oxygen atoms in total. The molecule has 0 amide bonds. The summed E-state index contributed by atoms with van der Waals surface area (Å²) >= 11 is 3.34. The average molecular weight is 376 g/mol. The summed E-state index contributed by atoms with van der Waals surface area (Å²) in [6.45, 7) is 5.08. The smallest absolute Gasteiger partial charge is 0.254 e. The predicted octanol–water partition coefficient (Wildman–Crippen LogP) is 2.24. The van der Waals surface area contributed by atoms with Gasteiger partial charge in [-0.25, -0.2) is 13.4 Å². The normalized spacial score (nSPS) is 17.0. The Bertz CT molecular complexity index is 572. The Kier molecular flexibility index (Phi) is 6.19. The summed E-state index contributed by atoms with van der Waals surface area (Å²) < 4.78 is 25.7. The predicted molar refractivity (Wildman–Crippen MR) is 87.3 cm³/mol. The number of piperidine rings is 1. The lowest BCUT2D eigenvalue weighted by atomic mass is 10.2. The lowest BCUT2D eigenvalue weighted by Gasteiger charge is -2.26. The van der Waals surface area contributed by atoms with Gasteiger partial charge >= 0.3 is 0 Å². The van der Waals surface area contributed by atoms with Crippen LogP contribution in [0.2, 0.25) is 0 Å². The van der Waals surface area contributed by atoms with E-state index in [1.165, 1.54) is 6.42 Å². The van der Waals surface area contributed by atoms with Gasteiger partial charge in [0.25, 0.3) is 10.0 Å². The number of hydrazine groups is 1. The fraction of sp³-hybridized carbons (Fsp3) is 0.571. The second-order valence-electron chi connectivity index (χ2n) is 5.19. The molecule has 21 heavy (non-hydrogen) atoms. The minimum Gasteiger partial charge on any atom is -0.313 e. The van der Waals surface area contributed by atoms with Crippen molar-refractivity contribution in [2.75, 3.05) is 19.6 Å². The molecule has 1 fully saturated rings. The first kappa shape index (κ1) is 16.9. The van der Waals surface area contributed by atoms with Gasteiger partial charge in [-0.1, -0.05) is 19.4 Å². The lowest BCUT2D eigenvalue weighted by molar-refractivity contribution is 0.200. The highest BCUT2D eigenvalue weighted by molar-refractivity contribution is 9.10. The summed E-state index contributed by atoms with van der Waals surface area (Å²) in [5.41, 5.74) is 0.957. The van der Waals surface area contributed by atoms with Crippen LogP contribution in [0, 0.1) is 0 Å². The van der Waals surface area contributed by atoms with E-state index < -0.39 is 10.0 Å². The molecule has 2 N–H and O–H groups in total. The molecule has 0 bridgehead atoms. The van der Waals surface area contributed by atoms with E-state index in [4.69, 9.17) is 0 Å². The van der Waals surface area contributed by atoms with Crippen LogP contribution < -0.4 is 10.1 Å². The maximum Gasteiger partial charge on any atom is 0.254 e. The SMILES string of the molecule is CCNCc1ccc(Br)c(S(=O)(=O)NN2CCCCC2)c1. The number of nitrogens with one attached hydrogen (secondary N) is 2. The van der Waals surface area contributed by atoms with Crippen molar-refractivity contribution in [2.24, 2.45) is 0 Å². The lowest BCUT2D eigenvalue weighted by Crippen LogP contribution is -2.45. The van der Waals surface area contributed by atoms with Crippen molar-refractivity contribution in [1.29, 1.82) is 0 Å². The fourth-order valence-electron chi connectivity index (χ4n) is 2.34. The maximum atomic E-state index is 12.5. The van der Waals surface area contributed by atoms with Gasteiger partial charge in [-0.2, -0.15) is 0 Å². The molecule has 1 aromatic rings. The Labute approximate surface area is 135 Å². The maximum absolute atomic E-state index is 12.5. The fourth-order valence-corrected chi connectivity index (χ4v) is 4.48. The number of benzene rings is 1. The molecule has 0 spiro atoms. The molecule has 1 saturated heterocycles. The number of rotatable bonds is 6. The monoisotopic (exact) mass is 375 g/mol. The molecule has 118 valence electrons. The molecule has 1 heterocycles. The third-order valence-corrected chi connectivity index (χ3v) is 5.84. The summed E-state index contributed by atoms with van der Waals surface area (Å²) in [5, 5.41) is 5.00. The third-order valence-electron chi connectivity index (χ3n) is 3.47. The van der Waals surface area contributed by atoms with Crippen LogP contribution in [-0.4, -0.2) is 33.1 Å². The summed E-state index contributed by atoms with van der Waals surface area (Å²) in [6, 6.07) is 5.43. The van der Waals surface area contributed by atoms with Crippen LogP contribution in [0.15, 0.2) is 27.6 Å². The largest absolute Gasteiger partial charge is 0.313 e. The molecule has 0 unspecified atom stereocenters. The topological polar surface area (TPSA) is 61.4 Å². The quantitative estimate of drug-likeness (QED) is 0.800. The van der Waals surface area contributed by atoms with Crippen molar-refractivity contribution in [2.45, 2.75) is 37.6 Å². The molecule has 0 aromatic heterocycles. The van der Waals surface area contributed by atoms with Gasteiger partial charge in [-0.05, 0) is 53.0 Å². The van der Waals surface area contributed by atoms with Crippen molar-refractivity contribution < 1.29 is 8.42 Å². The zero-order valence-electron chi connectivity index (χ0n) is 12.2. The number of sulfonamides is 1. The van der Waals surface area contributed by atoms with Gasteiger partial charge < -0.3 is 5.32 Å². The van der Waals surface area contributed by atoms with E-state index in [0.29, 0.717) is 15.9 Å². The molecule has 2 rings (SSSR count). The van der Waals surface area contributed by atoms with E-state index >= 15 is 0 Å². The van der Waals surface area contributed by atoms with Gasteiger partial charge in [0.15, 0.2) is 0 Å². The zero-order valence-corrected chi connectivity index (χ0v) is 14.6. The van der Waals surface area contributed by atoms with E-state index in [1.807, 2.05) is 13.0 Å². The van der Waals surface area contributed by atoms with Crippen LogP contribution in [0.1, 0.15) is 31.7 Å². The first-order valence-corrected chi connectivity index (χ1v) is 9.57. The Balaban J connectivity index is 2.17. The Morgan fingerprint density at radius 1 is 1.24 bits per heavy atom. The summed E-state index contributed by atoms with van der Waals surface area (Å²) in [7, 11) is -3.54. The Hall–Kier alpha value is -0.470. The van der Waals surface area contributed by atoms with Gasteiger partial charge in [0.05, 0.1) is 4.90 Å². The van der Waals surface area contributed by atoms with E-state index in [1.54, 1.807) is 17.1 Å². The molecular weight excluding hydrogens is 354 g/mol. The van der Waals surface area contributed by atoms with Crippen molar-refractivity contribution in [3.8, 4) is 0 Å². The summed E-state index contributed by atoms with van der Waals surface area (Å²) in [4.78, 5) is 2.99. The van der Waals surface area contributed by atoms with E-state index in [0.717, 1.165) is 38.0 Å². The average Bonchev–Trinajstić information content (AvgIpc) is 2.47. The highest BCUT2D eigenvalue weighted by Gasteiger charge is 2.22. The standard InChI is InChI=1S/C14H22BrN3O2S/c1-2-16-11-12-6-7-13(15)14(10-12)21(19,20)17-18-8-4-3-5-9-18/h6-7,10,16-17H,2-5,8-9,11H2,1H3. The molecule has 1 aliphatic heterocycles. The number of hydrogen-bond acceptors (Lipinski definition) is 4. The van der Waals surface area contributed by atoms with Crippen LogP contribution in [0.25, 0.3) is 0 Å². The molecule has 7 heteroatoms. The summed E-state index contributed by atoms with van der Waals surface area (Å²) in [6.07, 6.45) is 3.23. The number of halogens is 1. The van der Waals surface area contributed by atoms with E-state index in [9.17, 15) is 8.42 Å². The minimum atomic E-state index is -3.54. The van der Waals surface area contributed by atoms with Crippen LogP contribution in [0.5, 0.6) is 0 Å².